The number of hydrogen-bond acceptors (Lipinski definition) is 3. The maximum Gasteiger partial charge on any atom is 0.242 e. The molecule has 1 aromatic rings. The molecule has 3 aliphatic heterocycles. The van der Waals surface area contributed by atoms with Crippen molar-refractivity contribution < 1.29 is 14.4 Å². The van der Waals surface area contributed by atoms with E-state index >= 15 is 0 Å². The molecule has 0 spiro atoms. The van der Waals surface area contributed by atoms with Crippen LogP contribution in [0.5, 0.6) is 0 Å². The quantitative estimate of drug-likeness (QED) is 0.786. The summed E-state index contributed by atoms with van der Waals surface area (Å²) in [5.41, 5.74) is 0. The SMILES string of the molecule is O=C1CCC(=O)N1C1CC2CCC(C1)N2C(=O)Cn1cccc1. The first kappa shape index (κ1) is 14.5. The normalized spacial score (nSPS) is 30.3. The van der Waals surface area contributed by atoms with Crippen LogP contribution in [0.3, 0.4) is 0 Å². The van der Waals surface area contributed by atoms with Crippen molar-refractivity contribution in [2.75, 3.05) is 0 Å². The summed E-state index contributed by atoms with van der Waals surface area (Å²) in [6.07, 6.45) is 7.94. The van der Waals surface area contributed by atoms with Gasteiger partial charge in [-0.05, 0) is 37.8 Å². The highest BCUT2D eigenvalue weighted by atomic mass is 16.2. The number of aromatic nitrogens is 1. The lowest BCUT2D eigenvalue weighted by Gasteiger charge is -2.41. The molecule has 3 saturated heterocycles. The highest BCUT2D eigenvalue weighted by Crippen LogP contribution is 2.39. The first-order valence-corrected chi connectivity index (χ1v) is 8.40. The third-order valence-electron chi connectivity index (χ3n) is 5.44. The van der Waals surface area contributed by atoms with E-state index in [9.17, 15) is 14.4 Å². The van der Waals surface area contributed by atoms with Crippen LogP contribution < -0.4 is 0 Å². The molecule has 6 nitrogen and oxygen atoms in total. The van der Waals surface area contributed by atoms with E-state index in [1.54, 1.807) is 0 Å². The summed E-state index contributed by atoms with van der Waals surface area (Å²) in [5, 5.41) is 0. The van der Waals surface area contributed by atoms with Crippen LogP contribution in [0.25, 0.3) is 0 Å². The highest BCUT2D eigenvalue weighted by molar-refractivity contribution is 6.02. The molecule has 2 unspecified atom stereocenters. The second kappa shape index (κ2) is 5.51. The summed E-state index contributed by atoms with van der Waals surface area (Å²) in [4.78, 5) is 40.1. The molecule has 0 saturated carbocycles. The second-order valence-corrected chi connectivity index (χ2v) is 6.82. The van der Waals surface area contributed by atoms with E-state index in [4.69, 9.17) is 0 Å². The van der Waals surface area contributed by atoms with Gasteiger partial charge in [0, 0.05) is 43.4 Å². The Morgan fingerprint density at radius 1 is 0.957 bits per heavy atom. The number of rotatable bonds is 3. The largest absolute Gasteiger partial charge is 0.345 e. The smallest absolute Gasteiger partial charge is 0.242 e. The van der Waals surface area contributed by atoms with Gasteiger partial charge in [0.05, 0.1) is 0 Å². The molecule has 2 atom stereocenters. The summed E-state index contributed by atoms with van der Waals surface area (Å²) < 4.78 is 1.89. The zero-order chi connectivity index (χ0) is 16.0. The number of nitrogens with zero attached hydrogens (tertiary/aromatic N) is 3. The Morgan fingerprint density at radius 3 is 2.09 bits per heavy atom. The maximum absolute atomic E-state index is 12.6. The van der Waals surface area contributed by atoms with Gasteiger partial charge in [-0.15, -0.1) is 0 Å². The van der Waals surface area contributed by atoms with Gasteiger partial charge in [-0.3, -0.25) is 19.3 Å². The molecule has 0 radical (unpaired) electrons. The van der Waals surface area contributed by atoms with Crippen molar-refractivity contribution in [1.82, 2.24) is 14.4 Å². The molecule has 4 heterocycles. The van der Waals surface area contributed by atoms with Crippen LogP contribution in [0.15, 0.2) is 24.5 Å². The number of carbonyl (C=O) groups is 3. The molecule has 1 aromatic heterocycles. The minimum Gasteiger partial charge on any atom is -0.345 e. The van der Waals surface area contributed by atoms with E-state index in [2.05, 4.69) is 0 Å². The maximum atomic E-state index is 12.6. The first-order valence-electron chi connectivity index (χ1n) is 8.40. The van der Waals surface area contributed by atoms with E-state index in [0.717, 1.165) is 25.7 Å². The van der Waals surface area contributed by atoms with Gasteiger partial charge in [-0.2, -0.15) is 0 Å². The van der Waals surface area contributed by atoms with Crippen LogP contribution in [-0.4, -0.2) is 50.2 Å². The molecule has 3 aliphatic rings. The second-order valence-electron chi connectivity index (χ2n) is 6.82. The van der Waals surface area contributed by atoms with Crippen molar-refractivity contribution >= 4 is 17.7 Å². The lowest BCUT2D eigenvalue weighted by molar-refractivity contribution is -0.144. The number of hydrogen-bond donors (Lipinski definition) is 0. The van der Waals surface area contributed by atoms with E-state index < -0.39 is 0 Å². The van der Waals surface area contributed by atoms with Gasteiger partial charge in [0.1, 0.15) is 6.54 Å². The van der Waals surface area contributed by atoms with Gasteiger partial charge < -0.3 is 9.47 Å². The molecule has 0 aromatic carbocycles. The number of imide groups is 1. The molecule has 3 amide bonds. The van der Waals surface area contributed by atoms with Crippen LogP contribution in [0.1, 0.15) is 38.5 Å². The molecular formula is C17H21N3O3. The minimum atomic E-state index is -0.0356. The molecule has 122 valence electrons. The lowest BCUT2D eigenvalue weighted by Crippen LogP contribution is -2.54. The fourth-order valence-electron chi connectivity index (χ4n) is 4.48. The van der Waals surface area contributed by atoms with Crippen molar-refractivity contribution in [2.24, 2.45) is 0 Å². The van der Waals surface area contributed by atoms with Gasteiger partial charge in [-0.1, -0.05) is 0 Å². The van der Waals surface area contributed by atoms with Crippen LogP contribution in [0, 0.1) is 0 Å². The molecule has 4 rings (SSSR count). The Bertz CT molecular complexity index is 610. The Kier molecular flexibility index (Phi) is 3.47. The van der Waals surface area contributed by atoms with Crippen LogP contribution in [0.2, 0.25) is 0 Å². The Balaban J connectivity index is 1.47. The summed E-state index contributed by atoms with van der Waals surface area (Å²) in [6, 6.07) is 4.16. The molecular weight excluding hydrogens is 294 g/mol. The Hall–Kier alpha value is -2.11. The molecule has 0 N–H and O–H groups in total. The van der Waals surface area contributed by atoms with Crippen molar-refractivity contribution in [2.45, 2.75) is 63.2 Å². The molecule has 0 aliphatic carbocycles. The number of fused-ring (bicyclic) bond motifs is 2. The van der Waals surface area contributed by atoms with E-state index in [-0.39, 0.29) is 35.8 Å². The number of likely N-dealkylation sites (tertiary alicyclic amines) is 1. The monoisotopic (exact) mass is 315 g/mol. The third kappa shape index (κ3) is 2.46. The highest BCUT2D eigenvalue weighted by Gasteiger charge is 2.47. The van der Waals surface area contributed by atoms with Gasteiger partial charge in [-0.25, -0.2) is 0 Å². The van der Waals surface area contributed by atoms with Crippen LogP contribution in [0.4, 0.5) is 0 Å². The van der Waals surface area contributed by atoms with Crippen LogP contribution >= 0.6 is 0 Å². The molecule has 23 heavy (non-hydrogen) atoms. The first-order chi connectivity index (χ1) is 11.1. The van der Waals surface area contributed by atoms with E-state index in [1.807, 2.05) is 34.0 Å². The Labute approximate surface area is 135 Å². The predicted molar refractivity (Wildman–Crippen MR) is 82.2 cm³/mol. The average Bonchev–Trinajstić information content (AvgIpc) is 3.20. The summed E-state index contributed by atoms with van der Waals surface area (Å²) in [5.74, 6) is 0.0734. The fourth-order valence-corrected chi connectivity index (χ4v) is 4.48. The van der Waals surface area contributed by atoms with Crippen molar-refractivity contribution in [3.8, 4) is 0 Å². The summed E-state index contributed by atoms with van der Waals surface area (Å²) >= 11 is 0. The summed E-state index contributed by atoms with van der Waals surface area (Å²) in [6.45, 7) is 0.367. The topological polar surface area (TPSA) is 62.6 Å². The zero-order valence-corrected chi connectivity index (χ0v) is 13.1. The standard InChI is InChI=1S/C17H21N3O3/c21-15-5-6-16(22)20(15)14-9-12-3-4-13(10-14)19(12)17(23)11-18-7-1-2-8-18/h1-2,7-8,12-14H,3-6,9-11H2. The Morgan fingerprint density at radius 2 is 1.52 bits per heavy atom. The van der Waals surface area contributed by atoms with Crippen molar-refractivity contribution in [1.29, 1.82) is 0 Å². The number of amides is 3. The van der Waals surface area contributed by atoms with Crippen molar-refractivity contribution in [3.05, 3.63) is 24.5 Å². The van der Waals surface area contributed by atoms with E-state index in [0.29, 0.717) is 19.4 Å². The number of carbonyl (C=O) groups excluding carboxylic acids is 3. The van der Waals surface area contributed by atoms with E-state index in [1.165, 1.54) is 4.90 Å². The average molecular weight is 315 g/mol. The van der Waals surface area contributed by atoms with Crippen molar-refractivity contribution in [3.63, 3.8) is 0 Å². The number of piperidine rings is 1. The zero-order valence-electron chi connectivity index (χ0n) is 13.1. The van der Waals surface area contributed by atoms with Gasteiger partial charge in [0.2, 0.25) is 17.7 Å². The fraction of sp³-hybridized carbons (Fsp3) is 0.588. The van der Waals surface area contributed by atoms with Gasteiger partial charge in [0.25, 0.3) is 0 Å². The van der Waals surface area contributed by atoms with Gasteiger partial charge >= 0.3 is 0 Å². The third-order valence-corrected chi connectivity index (χ3v) is 5.44. The summed E-state index contributed by atoms with van der Waals surface area (Å²) in [7, 11) is 0. The lowest BCUT2D eigenvalue weighted by atomic mass is 9.96. The molecule has 3 fully saturated rings. The van der Waals surface area contributed by atoms with Crippen LogP contribution in [-0.2, 0) is 20.9 Å². The van der Waals surface area contributed by atoms with Gasteiger partial charge in [0.15, 0.2) is 0 Å². The minimum absolute atomic E-state index is 0.00868. The molecule has 2 bridgehead atoms. The molecule has 6 heteroatoms. The predicted octanol–water partition coefficient (Wildman–Crippen LogP) is 1.16.